The first-order valence-electron chi connectivity index (χ1n) is 6.20. The van der Waals surface area contributed by atoms with Crippen LogP contribution in [0.2, 0.25) is 0 Å². The van der Waals surface area contributed by atoms with Crippen molar-refractivity contribution in [3.63, 3.8) is 0 Å². The number of carbonyl (C=O) groups is 1. The molecule has 98 valence electrons. The second-order valence-corrected chi connectivity index (χ2v) is 4.17. The number of hydrogen-bond donors (Lipinski definition) is 0. The van der Waals surface area contributed by atoms with Gasteiger partial charge in [-0.25, -0.2) is 4.79 Å². The number of ether oxygens (including phenoxy) is 3. The third-order valence-electron chi connectivity index (χ3n) is 2.97. The van der Waals surface area contributed by atoms with Crippen molar-refractivity contribution in [1.29, 1.82) is 0 Å². The van der Waals surface area contributed by atoms with Crippen molar-refractivity contribution in [2.75, 3.05) is 33.5 Å². The van der Waals surface area contributed by atoms with Crippen LogP contribution in [0.25, 0.3) is 0 Å². The van der Waals surface area contributed by atoms with Crippen molar-refractivity contribution in [3.05, 3.63) is 11.6 Å². The molecule has 0 atom stereocenters. The normalized spacial score (nSPS) is 18.1. The van der Waals surface area contributed by atoms with E-state index in [2.05, 4.69) is 4.74 Å². The Hall–Kier alpha value is -0.870. The molecule has 0 bridgehead atoms. The maximum Gasteiger partial charge on any atom is 0.333 e. The van der Waals surface area contributed by atoms with Crippen molar-refractivity contribution < 1.29 is 19.0 Å². The van der Waals surface area contributed by atoms with E-state index in [1.54, 1.807) is 0 Å². The molecule has 1 saturated heterocycles. The Morgan fingerprint density at radius 2 is 2.12 bits per heavy atom. The molecular weight excluding hydrogens is 220 g/mol. The van der Waals surface area contributed by atoms with Crippen LogP contribution in [0.15, 0.2) is 11.6 Å². The number of esters is 1. The smallest absolute Gasteiger partial charge is 0.333 e. The summed E-state index contributed by atoms with van der Waals surface area (Å²) in [5.74, 6) is 0.336. The van der Waals surface area contributed by atoms with E-state index < -0.39 is 0 Å². The van der Waals surface area contributed by atoms with Gasteiger partial charge in [-0.05, 0) is 31.3 Å². The number of carbonyl (C=O) groups excluding carboxylic acids is 1. The van der Waals surface area contributed by atoms with Gasteiger partial charge in [0.05, 0.1) is 13.7 Å². The molecule has 4 nitrogen and oxygen atoms in total. The average Bonchev–Trinajstić information content (AvgIpc) is 2.39. The highest BCUT2D eigenvalue weighted by atomic mass is 16.5. The lowest BCUT2D eigenvalue weighted by molar-refractivity contribution is -0.136. The predicted molar refractivity (Wildman–Crippen MR) is 64.8 cm³/mol. The molecule has 1 aliphatic heterocycles. The third-order valence-corrected chi connectivity index (χ3v) is 2.97. The van der Waals surface area contributed by atoms with Crippen molar-refractivity contribution in [2.24, 2.45) is 5.92 Å². The molecule has 1 heterocycles. The van der Waals surface area contributed by atoms with E-state index in [0.29, 0.717) is 24.5 Å². The highest BCUT2D eigenvalue weighted by Gasteiger charge is 2.13. The highest BCUT2D eigenvalue weighted by Crippen LogP contribution is 2.14. The Morgan fingerprint density at radius 3 is 2.71 bits per heavy atom. The summed E-state index contributed by atoms with van der Waals surface area (Å²) in [4.78, 5) is 11.3. The van der Waals surface area contributed by atoms with E-state index in [9.17, 15) is 4.79 Å². The van der Waals surface area contributed by atoms with Crippen LogP contribution in [0.4, 0.5) is 0 Å². The Morgan fingerprint density at radius 1 is 1.41 bits per heavy atom. The van der Waals surface area contributed by atoms with Crippen molar-refractivity contribution >= 4 is 5.97 Å². The first-order chi connectivity index (χ1) is 8.27. The van der Waals surface area contributed by atoms with Gasteiger partial charge in [-0.2, -0.15) is 0 Å². The Balaban J connectivity index is 2.20. The molecule has 1 fully saturated rings. The van der Waals surface area contributed by atoms with E-state index in [4.69, 9.17) is 9.47 Å². The molecule has 0 aromatic carbocycles. The van der Waals surface area contributed by atoms with Gasteiger partial charge in [0.1, 0.15) is 0 Å². The fourth-order valence-electron chi connectivity index (χ4n) is 1.81. The molecule has 17 heavy (non-hydrogen) atoms. The summed E-state index contributed by atoms with van der Waals surface area (Å²) >= 11 is 0. The molecule has 0 aromatic rings. The molecule has 0 aromatic heterocycles. The SMILES string of the molecule is CCC(=CCOCC1CCOCC1)C(=O)OC. The molecule has 0 N–H and O–H groups in total. The first kappa shape index (κ1) is 14.2. The van der Waals surface area contributed by atoms with E-state index >= 15 is 0 Å². The minimum absolute atomic E-state index is 0.262. The summed E-state index contributed by atoms with van der Waals surface area (Å²) in [6.07, 6.45) is 4.63. The van der Waals surface area contributed by atoms with Crippen LogP contribution in [-0.2, 0) is 19.0 Å². The van der Waals surface area contributed by atoms with Gasteiger partial charge < -0.3 is 14.2 Å². The summed E-state index contributed by atoms with van der Waals surface area (Å²) < 4.78 is 15.5. The molecule has 0 amide bonds. The van der Waals surface area contributed by atoms with Gasteiger partial charge in [0.2, 0.25) is 0 Å². The third kappa shape index (κ3) is 5.33. The van der Waals surface area contributed by atoms with Crippen LogP contribution in [0, 0.1) is 5.92 Å². The minimum Gasteiger partial charge on any atom is -0.466 e. The summed E-state index contributed by atoms with van der Waals surface area (Å²) in [6.45, 7) is 4.84. The molecule has 1 rings (SSSR count). The van der Waals surface area contributed by atoms with Gasteiger partial charge in [-0.1, -0.05) is 6.92 Å². The maximum absolute atomic E-state index is 11.3. The summed E-state index contributed by atoms with van der Waals surface area (Å²) in [5.41, 5.74) is 0.680. The monoisotopic (exact) mass is 242 g/mol. The topological polar surface area (TPSA) is 44.8 Å². The zero-order valence-corrected chi connectivity index (χ0v) is 10.7. The van der Waals surface area contributed by atoms with E-state index in [-0.39, 0.29) is 5.97 Å². The minimum atomic E-state index is -0.262. The molecule has 0 unspecified atom stereocenters. The van der Waals surface area contributed by atoms with Crippen LogP contribution >= 0.6 is 0 Å². The largest absolute Gasteiger partial charge is 0.466 e. The van der Waals surface area contributed by atoms with Crippen LogP contribution in [0.3, 0.4) is 0 Å². The number of methoxy groups -OCH3 is 1. The van der Waals surface area contributed by atoms with Gasteiger partial charge in [-0.15, -0.1) is 0 Å². The van der Waals surface area contributed by atoms with Gasteiger partial charge in [0, 0.05) is 25.4 Å². The Labute approximate surface area is 103 Å². The zero-order chi connectivity index (χ0) is 12.5. The fraction of sp³-hybridized carbons (Fsp3) is 0.769. The quantitative estimate of drug-likeness (QED) is 0.405. The van der Waals surface area contributed by atoms with E-state index in [1.807, 2.05) is 13.0 Å². The molecular formula is C13H22O4. The van der Waals surface area contributed by atoms with Crippen molar-refractivity contribution in [2.45, 2.75) is 26.2 Å². The van der Waals surface area contributed by atoms with E-state index in [1.165, 1.54) is 7.11 Å². The van der Waals surface area contributed by atoms with Gasteiger partial charge in [-0.3, -0.25) is 0 Å². The predicted octanol–water partition coefficient (Wildman–Crippen LogP) is 1.94. The fourth-order valence-corrected chi connectivity index (χ4v) is 1.81. The van der Waals surface area contributed by atoms with Gasteiger partial charge in [0.25, 0.3) is 0 Å². The van der Waals surface area contributed by atoms with Crippen LogP contribution in [0.1, 0.15) is 26.2 Å². The summed E-state index contributed by atoms with van der Waals surface area (Å²) in [6, 6.07) is 0. The zero-order valence-electron chi connectivity index (χ0n) is 10.7. The number of rotatable bonds is 6. The standard InChI is InChI=1S/C13H22O4/c1-3-12(13(14)15-2)6-9-17-10-11-4-7-16-8-5-11/h6,11H,3-5,7-10H2,1-2H3. The van der Waals surface area contributed by atoms with Gasteiger partial charge >= 0.3 is 5.97 Å². The molecule has 0 radical (unpaired) electrons. The molecule has 1 aliphatic rings. The highest BCUT2D eigenvalue weighted by molar-refractivity contribution is 5.88. The van der Waals surface area contributed by atoms with Crippen LogP contribution in [-0.4, -0.2) is 39.5 Å². The number of hydrogen-bond acceptors (Lipinski definition) is 4. The lowest BCUT2D eigenvalue weighted by atomic mass is 10.0. The molecule has 4 heteroatoms. The second-order valence-electron chi connectivity index (χ2n) is 4.17. The molecule has 0 aliphatic carbocycles. The molecule has 0 saturated carbocycles. The first-order valence-corrected chi connectivity index (χ1v) is 6.20. The summed E-state index contributed by atoms with van der Waals surface area (Å²) in [5, 5.41) is 0. The van der Waals surface area contributed by atoms with Gasteiger partial charge in [0.15, 0.2) is 0 Å². The average molecular weight is 242 g/mol. The lowest BCUT2D eigenvalue weighted by Crippen LogP contribution is -2.20. The Bertz CT molecular complexity index is 254. The van der Waals surface area contributed by atoms with Crippen LogP contribution in [0.5, 0.6) is 0 Å². The maximum atomic E-state index is 11.3. The Kier molecular flexibility index (Phi) is 6.89. The summed E-state index contributed by atoms with van der Waals surface area (Å²) in [7, 11) is 1.40. The van der Waals surface area contributed by atoms with Crippen molar-refractivity contribution in [1.82, 2.24) is 0 Å². The van der Waals surface area contributed by atoms with Crippen molar-refractivity contribution in [3.8, 4) is 0 Å². The molecule has 0 spiro atoms. The van der Waals surface area contributed by atoms with Crippen LogP contribution < -0.4 is 0 Å². The second kappa shape index (κ2) is 8.25. The van der Waals surface area contributed by atoms with E-state index in [0.717, 1.165) is 32.7 Å². The lowest BCUT2D eigenvalue weighted by Gasteiger charge is -2.21.